The molecule has 2 heterocycles. The number of hydrogen-bond acceptors (Lipinski definition) is 3. The Morgan fingerprint density at radius 1 is 1.00 bits per heavy atom. The van der Waals surface area contributed by atoms with Crippen molar-refractivity contribution in [2.75, 3.05) is 19.6 Å². The number of likely N-dealkylation sites (tertiary alicyclic amines) is 2. The zero-order chi connectivity index (χ0) is 21.8. The zero-order valence-corrected chi connectivity index (χ0v) is 18.1. The van der Waals surface area contributed by atoms with Gasteiger partial charge in [-0.25, -0.2) is 0 Å². The third-order valence-corrected chi connectivity index (χ3v) is 6.28. The Morgan fingerprint density at radius 2 is 1.68 bits per heavy atom. The molecule has 0 aliphatic carbocycles. The molecular formula is C24H26ClN3O3. The van der Waals surface area contributed by atoms with Crippen molar-refractivity contribution in [1.29, 1.82) is 0 Å². The minimum Gasteiger partial charge on any atom is -0.349 e. The molecule has 2 aliphatic rings. The monoisotopic (exact) mass is 439 g/mol. The summed E-state index contributed by atoms with van der Waals surface area (Å²) in [4.78, 5) is 41.4. The maximum Gasteiger partial charge on any atom is 0.251 e. The largest absolute Gasteiger partial charge is 0.349 e. The van der Waals surface area contributed by atoms with Gasteiger partial charge in [-0.05, 0) is 42.7 Å². The van der Waals surface area contributed by atoms with E-state index < -0.39 is 0 Å². The van der Waals surface area contributed by atoms with Gasteiger partial charge >= 0.3 is 0 Å². The number of amides is 3. The lowest BCUT2D eigenvalue weighted by Gasteiger charge is -2.33. The van der Waals surface area contributed by atoms with Gasteiger partial charge in [0.1, 0.15) is 0 Å². The highest BCUT2D eigenvalue weighted by atomic mass is 35.5. The number of nitrogens with zero attached hydrogens (tertiary/aromatic N) is 2. The Morgan fingerprint density at radius 3 is 2.35 bits per heavy atom. The molecule has 7 heteroatoms. The summed E-state index contributed by atoms with van der Waals surface area (Å²) in [6.07, 6.45) is 1.69. The highest BCUT2D eigenvalue weighted by Gasteiger charge is 2.37. The van der Waals surface area contributed by atoms with Crippen molar-refractivity contribution in [1.82, 2.24) is 15.1 Å². The molecule has 162 valence electrons. The molecule has 3 amide bonds. The lowest BCUT2D eigenvalue weighted by molar-refractivity contribution is -0.136. The first-order chi connectivity index (χ1) is 15.0. The number of nitrogens with one attached hydrogen (secondary N) is 1. The third-order valence-electron chi connectivity index (χ3n) is 6.03. The summed E-state index contributed by atoms with van der Waals surface area (Å²) in [5, 5.41) is 3.64. The molecule has 0 spiro atoms. The summed E-state index contributed by atoms with van der Waals surface area (Å²) >= 11 is 5.87. The van der Waals surface area contributed by atoms with Gasteiger partial charge in [-0.1, -0.05) is 41.9 Å². The van der Waals surface area contributed by atoms with Gasteiger partial charge < -0.3 is 15.1 Å². The average Bonchev–Trinajstić information content (AvgIpc) is 3.15. The Kier molecular flexibility index (Phi) is 6.56. The molecule has 0 bridgehead atoms. The summed E-state index contributed by atoms with van der Waals surface area (Å²) in [5.41, 5.74) is 1.65. The first-order valence-electron chi connectivity index (χ1n) is 10.7. The van der Waals surface area contributed by atoms with E-state index >= 15 is 0 Å². The summed E-state index contributed by atoms with van der Waals surface area (Å²) in [7, 11) is 0. The van der Waals surface area contributed by atoms with Gasteiger partial charge in [-0.2, -0.15) is 0 Å². The second-order valence-electron chi connectivity index (χ2n) is 8.24. The number of carbonyl (C=O) groups is 3. The van der Waals surface area contributed by atoms with E-state index in [-0.39, 0.29) is 36.1 Å². The van der Waals surface area contributed by atoms with Crippen molar-refractivity contribution in [3.63, 3.8) is 0 Å². The molecular weight excluding hydrogens is 414 g/mol. The zero-order valence-electron chi connectivity index (χ0n) is 17.3. The normalized spacial score (nSPS) is 19.5. The minimum absolute atomic E-state index is 0.0343. The van der Waals surface area contributed by atoms with E-state index in [1.165, 1.54) is 0 Å². The standard InChI is InChI=1S/C24H26ClN3O3/c25-20-8-6-18(7-9-20)23(30)26-21-10-12-27(13-11-21)24(31)19-14-22(29)28(16-19)15-17-4-2-1-3-5-17/h1-9,19,21H,10-16H2,(H,26,30). The third kappa shape index (κ3) is 5.25. The Hall–Kier alpha value is -2.86. The van der Waals surface area contributed by atoms with E-state index in [4.69, 9.17) is 11.6 Å². The van der Waals surface area contributed by atoms with Crippen molar-refractivity contribution in [3.8, 4) is 0 Å². The Bertz CT molecular complexity index is 940. The highest BCUT2D eigenvalue weighted by Crippen LogP contribution is 2.24. The second kappa shape index (κ2) is 9.52. The van der Waals surface area contributed by atoms with Gasteiger partial charge in [-0.3, -0.25) is 14.4 Å². The van der Waals surface area contributed by atoms with Crippen LogP contribution in [0.2, 0.25) is 5.02 Å². The van der Waals surface area contributed by atoms with Gasteiger partial charge in [0.15, 0.2) is 0 Å². The van der Waals surface area contributed by atoms with Crippen LogP contribution < -0.4 is 5.32 Å². The molecule has 1 unspecified atom stereocenters. The van der Waals surface area contributed by atoms with Crippen LogP contribution in [0.3, 0.4) is 0 Å². The second-order valence-corrected chi connectivity index (χ2v) is 8.68. The SMILES string of the molecule is O=C(NC1CCN(C(=O)C2CC(=O)N(Cc3ccccc3)C2)CC1)c1ccc(Cl)cc1. The van der Waals surface area contributed by atoms with E-state index in [0.717, 1.165) is 5.56 Å². The summed E-state index contributed by atoms with van der Waals surface area (Å²) in [6.45, 7) is 2.20. The number of piperidine rings is 1. The molecule has 2 saturated heterocycles. The molecule has 31 heavy (non-hydrogen) atoms. The molecule has 6 nitrogen and oxygen atoms in total. The maximum absolute atomic E-state index is 13.0. The number of hydrogen-bond donors (Lipinski definition) is 1. The lowest BCUT2D eigenvalue weighted by atomic mass is 10.0. The van der Waals surface area contributed by atoms with E-state index in [9.17, 15) is 14.4 Å². The topological polar surface area (TPSA) is 69.7 Å². The van der Waals surface area contributed by atoms with Crippen molar-refractivity contribution in [2.24, 2.45) is 5.92 Å². The van der Waals surface area contributed by atoms with Crippen LogP contribution in [0.25, 0.3) is 0 Å². The highest BCUT2D eigenvalue weighted by molar-refractivity contribution is 6.30. The summed E-state index contributed by atoms with van der Waals surface area (Å²) in [6, 6.07) is 16.7. The summed E-state index contributed by atoms with van der Waals surface area (Å²) < 4.78 is 0. The van der Waals surface area contributed by atoms with Gasteiger partial charge in [0, 0.05) is 49.2 Å². The van der Waals surface area contributed by atoms with Crippen LogP contribution >= 0.6 is 11.6 Å². The van der Waals surface area contributed by atoms with E-state index in [0.29, 0.717) is 49.6 Å². The average molecular weight is 440 g/mol. The van der Waals surface area contributed by atoms with E-state index in [2.05, 4.69) is 5.32 Å². The van der Waals surface area contributed by atoms with Crippen LogP contribution in [0, 0.1) is 5.92 Å². The fourth-order valence-electron chi connectivity index (χ4n) is 4.27. The first-order valence-corrected chi connectivity index (χ1v) is 11.0. The van der Waals surface area contributed by atoms with Gasteiger partial charge in [0.05, 0.1) is 5.92 Å². The van der Waals surface area contributed by atoms with Crippen molar-refractivity contribution < 1.29 is 14.4 Å². The van der Waals surface area contributed by atoms with Crippen LogP contribution in [0.4, 0.5) is 0 Å². The smallest absolute Gasteiger partial charge is 0.251 e. The number of halogens is 1. The number of benzene rings is 2. The Balaban J connectivity index is 1.26. The molecule has 0 radical (unpaired) electrons. The fourth-order valence-corrected chi connectivity index (χ4v) is 4.39. The van der Waals surface area contributed by atoms with Crippen LogP contribution in [-0.2, 0) is 16.1 Å². The predicted molar refractivity (Wildman–Crippen MR) is 118 cm³/mol. The molecule has 0 aromatic heterocycles. The summed E-state index contributed by atoms with van der Waals surface area (Å²) in [5.74, 6) is -0.325. The molecule has 1 atom stereocenters. The van der Waals surface area contributed by atoms with Gasteiger partial charge in [-0.15, -0.1) is 0 Å². The minimum atomic E-state index is -0.281. The fraction of sp³-hybridized carbons (Fsp3) is 0.375. The molecule has 2 aromatic rings. The maximum atomic E-state index is 13.0. The van der Waals surface area contributed by atoms with Crippen LogP contribution in [-0.4, -0.2) is 53.2 Å². The van der Waals surface area contributed by atoms with Crippen LogP contribution in [0.1, 0.15) is 35.2 Å². The quantitative estimate of drug-likeness (QED) is 0.778. The van der Waals surface area contributed by atoms with E-state index in [1.807, 2.05) is 35.2 Å². The van der Waals surface area contributed by atoms with Gasteiger partial charge in [0.2, 0.25) is 11.8 Å². The molecule has 1 N–H and O–H groups in total. The number of rotatable bonds is 5. The lowest BCUT2D eigenvalue weighted by Crippen LogP contribution is -2.48. The molecule has 2 aromatic carbocycles. The van der Waals surface area contributed by atoms with Crippen molar-refractivity contribution in [3.05, 3.63) is 70.7 Å². The predicted octanol–water partition coefficient (Wildman–Crippen LogP) is 3.11. The molecule has 2 fully saturated rings. The molecule has 4 rings (SSSR count). The molecule has 2 aliphatic heterocycles. The number of carbonyl (C=O) groups excluding carboxylic acids is 3. The van der Waals surface area contributed by atoms with E-state index in [1.54, 1.807) is 29.2 Å². The van der Waals surface area contributed by atoms with Crippen LogP contribution in [0.5, 0.6) is 0 Å². The van der Waals surface area contributed by atoms with Crippen molar-refractivity contribution in [2.45, 2.75) is 31.8 Å². The van der Waals surface area contributed by atoms with Crippen molar-refractivity contribution >= 4 is 29.3 Å². The van der Waals surface area contributed by atoms with Crippen LogP contribution in [0.15, 0.2) is 54.6 Å². The van der Waals surface area contributed by atoms with Gasteiger partial charge in [0.25, 0.3) is 5.91 Å². The molecule has 0 saturated carbocycles. The first kappa shape index (κ1) is 21.4. The Labute approximate surface area is 187 Å².